The summed E-state index contributed by atoms with van der Waals surface area (Å²) in [6.45, 7) is 8.31. The van der Waals surface area contributed by atoms with E-state index in [0.717, 1.165) is 24.2 Å². The molecule has 0 aromatic heterocycles. The summed E-state index contributed by atoms with van der Waals surface area (Å²) in [5.41, 5.74) is 1.68. The molecular weight excluding hydrogens is 393 g/mol. The van der Waals surface area contributed by atoms with E-state index in [9.17, 15) is 9.18 Å². The van der Waals surface area contributed by atoms with Gasteiger partial charge < -0.3 is 10.1 Å². The maximum Gasteiger partial charge on any atom is 0.323 e. The minimum Gasteiger partial charge on any atom is -0.494 e. The molecule has 0 aliphatic rings. The fourth-order valence-corrected chi connectivity index (χ4v) is 3.14. The van der Waals surface area contributed by atoms with Gasteiger partial charge in [-0.1, -0.05) is 36.4 Å². The number of nitrogens with one attached hydrogen (secondary N) is 2. The minimum atomic E-state index is -0.366. The topological polar surface area (TPSA) is 65.4 Å². The molecule has 1 unspecified atom stereocenters. The molecule has 2 aromatic carbocycles. The van der Waals surface area contributed by atoms with E-state index in [4.69, 9.17) is 10.1 Å². The highest BCUT2D eigenvalue weighted by Crippen LogP contribution is 2.15. The molecule has 2 amide bonds. The van der Waals surface area contributed by atoms with Gasteiger partial charge in [0.25, 0.3) is 0 Å². The second-order valence-electron chi connectivity index (χ2n) is 7.34. The van der Waals surface area contributed by atoms with E-state index < -0.39 is 0 Å². The summed E-state index contributed by atoms with van der Waals surface area (Å²) in [5.74, 6) is 0.756. The number of urea groups is 1. The summed E-state index contributed by atoms with van der Waals surface area (Å²) in [4.78, 5) is 14.1. The Morgan fingerprint density at radius 1 is 1.23 bits per heavy atom. The highest BCUT2D eigenvalue weighted by molar-refractivity contribution is 5.96. The highest BCUT2D eigenvalue weighted by Gasteiger charge is 2.19. The maximum absolute atomic E-state index is 14.0. The van der Waals surface area contributed by atoms with Crippen molar-refractivity contribution in [3.05, 3.63) is 78.1 Å². The van der Waals surface area contributed by atoms with Gasteiger partial charge in [-0.25, -0.2) is 9.18 Å². The first-order chi connectivity index (χ1) is 14.9. The Hall–Kier alpha value is -3.15. The third-order valence-corrected chi connectivity index (χ3v) is 4.95. The van der Waals surface area contributed by atoms with Crippen LogP contribution in [-0.2, 0) is 12.8 Å². The second kappa shape index (κ2) is 12.5. The van der Waals surface area contributed by atoms with Crippen LogP contribution in [0.4, 0.5) is 9.18 Å². The lowest BCUT2D eigenvalue weighted by Crippen LogP contribution is -2.47. The molecule has 0 heterocycles. The number of hydrogen-bond acceptors (Lipinski definition) is 3. The molecule has 0 saturated heterocycles. The minimum absolute atomic E-state index is 0.219. The highest BCUT2D eigenvalue weighted by atomic mass is 19.1. The van der Waals surface area contributed by atoms with Crippen LogP contribution < -0.4 is 10.1 Å². The Morgan fingerprint density at radius 3 is 2.58 bits per heavy atom. The van der Waals surface area contributed by atoms with E-state index in [0.29, 0.717) is 25.0 Å². The van der Waals surface area contributed by atoms with Crippen molar-refractivity contribution in [1.29, 1.82) is 5.41 Å². The molecule has 2 aromatic rings. The zero-order valence-corrected chi connectivity index (χ0v) is 18.4. The molecule has 0 aliphatic heterocycles. The Balaban J connectivity index is 1.96. The molecule has 0 bridgehead atoms. The van der Waals surface area contributed by atoms with Crippen molar-refractivity contribution in [1.82, 2.24) is 10.2 Å². The lowest BCUT2D eigenvalue weighted by molar-refractivity contribution is 0.218. The summed E-state index contributed by atoms with van der Waals surface area (Å²) < 4.78 is 19.4. The molecule has 1 atom stereocenters. The Morgan fingerprint density at radius 2 is 1.94 bits per heavy atom. The number of carbonyl (C=O) groups excluding carboxylic acids is 1. The van der Waals surface area contributed by atoms with Crippen molar-refractivity contribution >= 4 is 11.9 Å². The molecule has 0 fully saturated rings. The van der Waals surface area contributed by atoms with E-state index in [1.807, 2.05) is 38.1 Å². The number of nitrogens with zero attached hydrogens (tertiary/aromatic N) is 1. The van der Waals surface area contributed by atoms with Crippen molar-refractivity contribution in [3.63, 3.8) is 0 Å². The summed E-state index contributed by atoms with van der Waals surface area (Å²) >= 11 is 0. The number of amides is 2. The van der Waals surface area contributed by atoms with Gasteiger partial charge in [-0.2, -0.15) is 0 Å². The van der Waals surface area contributed by atoms with Gasteiger partial charge >= 0.3 is 6.03 Å². The quantitative estimate of drug-likeness (QED) is 0.289. The lowest BCUT2D eigenvalue weighted by atomic mass is 10.1. The van der Waals surface area contributed by atoms with Crippen LogP contribution in [0.3, 0.4) is 0 Å². The number of rotatable bonds is 11. The summed E-state index contributed by atoms with van der Waals surface area (Å²) in [6, 6.07) is 13.8. The number of ether oxygens (including phenoxy) is 1. The van der Waals surface area contributed by atoms with Crippen molar-refractivity contribution in [3.8, 4) is 5.75 Å². The van der Waals surface area contributed by atoms with Crippen LogP contribution in [0.2, 0.25) is 0 Å². The second-order valence-corrected chi connectivity index (χ2v) is 7.34. The van der Waals surface area contributed by atoms with Gasteiger partial charge in [0.15, 0.2) is 0 Å². The van der Waals surface area contributed by atoms with Gasteiger partial charge in [-0.15, -0.1) is 6.58 Å². The van der Waals surface area contributed by atoms with Crippen molar-refractivity contribution in [2.45, 2.75) is 45.6 Å². The summed E-state index contributed by atoms with van der Waals surface area (Å²) in [6.07, 6.45) is 3.93. The summed E-state index contributed by atoms with van der Waals surface area (Å²) in [7, 11) is 0. The lowest BCUT2D eigenvalue weighted by Gasteiger charge is -2.25. The third kappa shape index (κ3) is 7.89. The van der Waals surface area contributed by atoms with Gasteiger partial charge in [-0.3, -0.25) is 10.3 Å². The van der Waals surface area contributed by atoms with Gasteiger partial charge in [0.05, 0.1) is 6.61 Å². The zero-order valence-electron chi connectivity index (χ0n) is 18.4. The molecule has 0 aliphatic carbocycles. The van der Waals surface area contributed by atoms with E-state index in [1.54, 1.807) is 24.3 Å². The predicted molar refractivity (Wildman–Crippen MR) is 123 cm³/mol. The van der Waals surface area contributed by atoms with Crippen LogP contribution >= 0.6 is 0 Å². The smallest absolute Gasteiger partial charge is 0.323 e. The van der Waals surface area contributed by atoms with Crippen molar-refractivity contribution in [2.75, 3.05) is 13.2 Å². The summed E-state index contributed by atoms with van der Waals surface area (Å²) in [5, 5.41) is 11.3. The first-order valence-corrected chi connectivity index (χ1v) is 10.7. The standard InChI is InChI=1S/C25H32FN3O2/c1-4-19(3)28-25(30)29(18-17-21-10-6-7-11-23(21)26)24(27)12-8-9-20-13-15-22(16-14-20)31-5-2/h4,6-7,10-11,13-16,19,27H,1,5,8-9,12,17-18H2,2-3H3,(H,28,30). The van der Waals surface area contributed by atoms with E-state index in [-0.39, 0.29) is 30.3 Å². The molecule has 166 valence electrons. The predicted octanol–water partition coefficient (Wildman–Crippen LogP) is 5.35. The van der Waals surface area contributed by atoms with Crippen LogP contribution in [0.25, 0.3) is 0 Å². The average Bonchev–Trinajstić information content (AvgIpc) is 2.76. The number of hydrogen-bond donors (Lipinski definition) is 2. The number of halogens is 1. The van der Waals surface area contributed by atoms with Gasteiger partial charge in [0, 0.05) is 19.0 Å². The fraction of sp³-hybridized carbons (Fsp3) is 0.360. The van der Waals surface area contributed by atoms with E-state index in [1.165, 1.54) is 11.0 Å². The van der Waals surface area contributed by atoms with E-state index in [2.05, 4.69) is 11.9 Å². The number of amidine groups is 1. The van der Waals surface area contributed by atoms with Gasteiger partial charge in [0.2, 0.25) is 0 Å². The molecular formula is C25H32FN3O2. The van der Waals surface area contributed by atoms with Crippen LogP contribution in [0, 0.1) is 11.2 Å². The zero-order chi connectivity index (χ0) is 22.6. The van der Waals surface area contributed by atoms with Crippen molar-refractivity contribution in [2.24, 2.45) is 0 Å². The monoisotopic (exact) mass is 425 g/mol. The third-order valence-electron chi connectivity index (χ3n) is 4.95. The molecule has 0 radical (unpaired) electrons. The van der Waals surface area contributed by atoms with Gasteiger partial charge in [-0.05, 0) is 62.4 Å². The fourth-order valence-electron chi connectivity index (χ4n) is 3.14. The van der Waals surface area contributed by atoms with Crippen LogP contribution in [0.15, 0.2) is 61.2 Å². The first-order valence-electron chi connectivity index (χ1n) is 10.7. The number of benzene rings is 2. The molecule has 0 saturated carbocycles. The maximum atomic E-state index is 14.0. The van der Waals surface area contributed by atoms with Crippen LogP contribution in [0.1, 0.15) is 37.8 Å². The Kier molecular flexibility index (Phi) is 9.75. The van der Waals surface area contributed by atoms with Crippen molar-refractivity contribution < 1.29 is 13.9 Å². The Labute approximate surface area is 184 Å². The molecule has 5 nitrogen and oxygen atoms in total. The molecule has 2 rings (SSSR count). The molecule has 2 N–H and O–H groups in total. The normalized spacial score (nSPS) is 11.5. The van der Waals surface area contributed by atoms with Crippen LogP contribution in [0.5, 0.6) is 5.75 Å². The SMILES string of the molecule is C=CC(C)NC(=O)N(CCc1ccccc1F)C(=N)CCCc1ccc(OCC)cc1. The average molecular weight is 426 g/mol. The molecule has 6 heteroatoms. The van der Waals surface area contributed by atoms with Crippen LogP contribution in [-0.4, -0.2) is 36.0 Å². The molecule has 31 heavy (non-hydrogen) atoms. The molecule has 0 spiro atoms. The number of carbonyl (C=O) groups is 1. The Bertz CT molecular complexity index is 867. The van der Waals surface area contributed by atoms with E-state index >= 15 is 0 Å². The van der Waals surface area contributed by atoms with Gasteiger partial charge in [0.1, 0.15) is 17.4 Å². The number of aryl methyl sites for hydroxylation is 1. The largest absolute Gasteiger partial charge is 0.494 e. The first kappa shape index (κ1) is 24.1.